The summed E-state index contributed by atoms with van der Waals surface area (Å²) in [6.07, 6.45) is 3.06. The Morgan fingerprint density at radius 3 is 2.70 bits per heavy atom. The molecule has 1 aromatic carbocycles. The average molecular weight is 381 g/mol. The van der Waals surface area contributed by atoms with E-state index in [-0.39, 0.29) is 13.2 Å². The van der Waals surface area contributed by atoms with Crippen molar-refractivity contribution in [3.05, 3.63) is 69.6 Å². The third kappa shape index (κ3) is 4.41. The lowest BCUT2D eigenvalue weighted by atomic mass is 10.0. The van der Waals surface area contributed by atoms with Crippen LogP contribution in [0.3, 0.4) is 0 Å². The molecule has 0 atom stereocenters. The van der Waals surface area contributed by atoms with E-state index in [4.69, 9.17) is 9.47 Å². The van der Waals surface area contributed by atoms with Gasteiger partial charge in [0.2, 0.25) is 0 Å². The Labute approximate surface area is 161 Å². The Bertz CT molecular complexity index is 993. The number of benzene rings is 1. The van der Waals surface area contributed by atoms with Gasteiger partial charge < -0.3 is 9.47 Å². The van der Waals surface area contributed by atoms with Gasteiger partial charge >= 0.3 is 11.9 Å². The molecule has 0 radical (unpaired) electrons. The lowest BCUT2D eigenvalue weighted by Crippen LogP contribution is -2.14. The number of pyridine rings is 1. The lowest BCUT2D eigenvalue weighted by molar-refractivity contribution is -0.139. The van der Waals surface area contributed by atoms with Crippen LogP contribution in [0, 0.1) is 6.92 Å². The fourth-order valence-electron chi connectivity index (χ4n) is 2.74. The van der Waals surface area contributed by atoms with Gasteiger partial charge in [0.15, 0.2) is 0 Å². The number of carbonyl (C=O) groups excluding carboxylic acids is 2. The summed E-state index contributed by atoms with van der Waals surface area (Å²) in [5, 5.41) is 2.80. The van der Waals surface area contributed by atoms with E-state index in [2.05, 4.69) is 4.98 Å². The highest BCUT2D eigenvalue weighted by molar-refractivity contribution is 7.10. The van der Waals surface area contributed by atoms with Crippen molar-refractivity contribution < 1.29 is 19.1 Å². The molecule has 3 rings (SSSR count). The predicted octanol–water partition coefficient (Wildman–Crippen LogP) is 4.54. The first-order chi connectivity index (χ1) is 13.1. The Morgan fingerprint density at radius 2 is 1.96 bits per heavy atom. The summed E-state index contributed by atoms with van der Waals surface area (Å²) in [4.78, 5) is 29.9. The molecule has 0 N–H and O–H groups in total. The number of thiophene rings is 1. The van der Waals surface area contributed by atoms with E-state index < -0.39 is 11.9 Å². The normalized spacial score (nSPS) is 11.0. The van der Waals surface area contributed by atoms with Crippen molar-refractivity contribution in [1.82, 2.24) is 4.98 Å². The molecular weight excluding hydrogens is 362 g/mol. The van der Waals surface area contributed by atoms with Crippen molar-refractivity contribution in [2.24, 2.45) is 0 Å². The molecule has 0 fully saturated rings. The summed E-state index contributed by atoms with van der Waals surface area (Å²) >= 11 is 1.53. The van der Waals surface area contributed by atoms with E-state index in [9.17, 15) is 9.59 Å². The molecule has 0 saturated heterocycles. The number of hydrogen-bond donors (Lipinski definition) is 0. The van der Waals surface area contributed by atoms with Gasteiger partial charge in [-0.25, -0.2) is 14.6 Å². The van der Waals surface area contributed by atoms with Crippen LogP contribution in [0.5, 0.6) is 0 Å². The highest BCUT2D eigenvalue weighted by atomic mass is 32.1. The van der Waals surface area contributed by atoms with Crippen LogP contribution in [-0.2, 0) is 20.9 Å². The number of rotatable bonds is 6. The molecule has 138 valence electrons. The van der Waals surface area contributed by atoms with Gasteiger partial charge in [0, 0.05) is 16.3 Å². The summed E-state index contributed by atoms with van der Waals surface area (Å²) in [5.41, 5.74) is 2.25. The standard InChI is InChI=1S/C21H19NO4S/c1-3-25-21(24)20-14(2)16-8-4-5-9-17(16)22-18(20)13-26-19(23)11-10-15-7-6-12-27-15/h4-12H,3,13H2,1-2H3/b11-10+. The highest BCUT2D eigenvalue weighted by Crippen LogP contribution is 2.24. The fourth-order valence-corrected chi connectivity index (χ4v) is 3.36. The van der Waals surface area contributed by atoms with Crippen LogP contribution in [0.1, 0.15) is 33.4 Å². The predicted molar refractivity (Wildman–Crippen MR) is 106 cm³/mol. The van der Waals surface area contributed by atoms with E-state index in [1.807, 2.05) is 48.7 Å². The van der Waals surface area contributed by atoms with Crippen LogP contribution in [0.25, 0.3) is 17.0 Å². The molecule has 0 saturated carbocycles. The first kappa shape index (κ1) is 18.8. The van der Waals surface area contributed by atoms with Gasteiger partial charge in [0.25, 0.3) is 0 Å². The molecule has 3 aromatic rings. The molecule has 0 aliphatic rings. The largest absolute Gasteiger partial charge is 0.462 e. The molecule has 0 aliphatic heterocycles. The maximum absolute atomic E-state index is 12.4. The van der Waals surface area contributed by atoms with Crippen molar-refractivity contribution in [3.8, 4) is 0 Å². The molecule has 0 bridgehead atoms. The Hall–Kier alpha value is -2.99. The third-order valence-electron chi connectivity index (χ3n) is 3.98. The van der Waals surface area contributed by atoms with Crippen LogP contribution in [-0.4, -0.2) is 23.5 Å². The van der Waals surface area contributed by atoms with Crippen LogP contribution in [0.2, 0.25) is 0 Å². The zero-order valence-corrected chi connectivity index (χ0v) is 15.9. The number of hydrogen-bond acceptors (Lipinski definition) is 6. The average Bonchev–Trinajstić information content (AvgIpc) is 3.18. The second-order valence-corrected chi connectivity index (χ2v) is 6.73. The summed E-state index contributed by atoms with van der Waals surface area (Å²) in [5.74, 6) is -0.959. The molecule has 5 nitrogen and oxygen atoms in total. The first-order valence-electron chi connectivity index (χ1n) is 8.53. The number of aromatic nitrogens is 1. The minimum absolute atomic E-state index is 0.104. The van der Waals surface area contributed by atoms with Crippen LogP contribution in [0.15, 0.2) is 47.9 Å². The summed E-state index contributed by atoms with van der Waals surface area (Å²) in [6, 6.07) is 11.3. The van der Waals surface area contributed by atoms with Gasteiger partial charge in [0.05, 0.1) is 23.4 Å². The smallest absolute Gasteiger partial charge is 0.340 e. The lowest BCUT2D eigenvalue weighted by Gasteiger charge is -2.13. The zero-order valence-electron chi connectivity index (χ0n) is 15.1. The molecule has 6 heteroatoms. The Morgan fingerprint density at radius 1 is 1.15 bits per heavy atom. The van der Waals surface area contributed by atoms with Crippen molar-refractivity contribution in [1.29, 1.82) is 0 Å². The van der Waals surface area contributed by atoms with Gasteiger partial charge in [-0.15, -0.1) is 11.3 Å². The number of nitrogens with zero attached hydrogens (tertiary/aromatic N) is 1. The van der Waals surface area contributed by atoms with Gasteiger partial charge in [-0.2, -0.15) is 0 Å². The van der Waals surface area contributed by atoms with Gasteiger partial charge in [-0.3, -0.25) is 0 Å². The molecule has 2 heterocycles. The van der Waals surface area contributed by atoms with E-state index in [1.54, 1.807) is 13.0 Å². The molecular formula is C21H19NO4S. The maximum Gasteiger partial charge on any atom is 0.340 e. The van der Waals surface area contributed by atoms with Crippen molar-refractivity contribution >= 4 is 40.3 Å². The number of aryl methyl sites for hydroxylation is 1. The number of esters is 2. The summed E-state index contributed by atoms with van der Waals surface area (Å²) in [6.45, 7) is 3.75. The zero-order chi connectivity index (χ0) is 19.2. The molecule has 0 aliphatic carbocycles. The van der Waals surface area contributed by atoms with Crippen LogP contribution < -0.4 is 0 Å². The fraction of sp³-hybridized carbons (Fsp3) is 0.190. The Kier molecular flexibility index (Phi) is 5.98. The number of fused-ring (bicyclic) bond motifs is 1. The van der Waals surface area contributed by atoms with E-state index in [0.717, 1.165) is 21.3 Å². The van der Waals surface area contributed by atoms with Gasteiger partial charge in [0.1, 0.15) is 6.61 Å². The second-order valence-electron chi connectivity index (χ2n) is 5.75. The summed E-state index contributed by atoms with van der Waals surface area (Å²) < 4.78 is 10.5. The van der Waals surface area contributed by atoms with E-state index in [0.29, 0.717) is 11.3 Å². The molecule has 2 aromatic heterocycles. The molecule has 0 unspecified atom stereocenters. The highest BCUT2D eigenvalue weighted by Gasteiger charge is 2.20. The van der Waals surface area contributed by atoms with Crippen LogP contribution >= 0.6 is 11.3 Å². The Balaban J connectivity index is 1.86. The second kappa shape index (κ2) is 8.60. The number of ether oxygens (including phenoxy) is 2. The van der Waals surface area contributed by atoms with Crippen molar-refractivity contribution in [2.45, 2.75) is 20.5 Å². The van der Waals surface area contributed by atoms with Gasteiger partial charge in [-0.05, 0) is 43.0 Å². The number of para-hydroxylation sites is 1. The van der Waals surface area contributed by atoms with E-state index in [1.165, 1.54) is 17.4 Å². The van der Waals surface area contributed by atoms with Crippen molar-refractivity contribution in [2.75, 3.05) is 6.61 Å². The van der Waals surface area contributed by atoms with E-state index >= 15 is 0 Å². The quantitative estimate of drug-likeness (QED) is 0.463. The third-order valence-corrected chi connectivity index (χ3v) is 4.82. The molecule has 0 amide bonds. The molecule has 27 heavy (non-hydrogen) atoms. The topological polar surface area (TPSA) is 65.5 Å². The minimum Gasteiger partial charge on any atom is -0.462 e. The summed E-state index contributed by atoms with van der Waals surface area (Å²) in [7, 11) is 0. The van der Waals surface area contributed by atoms with Crippen molar-refractivity contribution in [3.63, 3.8) is 0 Å². The van der Waals surface area contributed by atoms with Gasteiger partial charge in [-0.1, -0.05) is 24.3 Å². The first-order valence-corrected chi connectivity index (χ1v) is 9.41. The molecule has 0 spiro atoms. The number of carbonyl (C=O) groups is 2. The maximum atomic E-state index is 12.4. The minimum atomic E-state index is -0.495. The SMILES string of the molecule is CCOC(=O)c1c(COC(=O)/C=C/c2cccs2)nc2ccccc2c1C. The van der Waals surface area contributed by atoms with Crippen LogP contribution in [0.4, 0.5) is 0 Å². The monoisotopic (exact) mass is 381 g/mol.